The van der Waals surface area contributed by atoms with Gasteiger partial charge in [0.05, 0.1) is 16.6 Å². The number of hydrogen-bond donors (Lipinski definition) is 0. The Morgan fingerprint density at radius 2 is 1.86 bits per heavy atom. The summed E-state index contributed by atoms with van der Waals surface area (Å²) in [5, 5.41) is 21.6. The molecule has 0 atom stereocenters. The maximum Gasteiger partial charge on any atom is 0.235 e. The molecule has 0 radical (unpaired) electrons. The molecule has 1 fully saturated rings. The van der Waals surface area contributed by atoms with Crippen LogP contribution in [0.3, 0.4) is 0 Å². The highest BCUT2D eigenvalue weighted by atomic mass is 16.6. The maximum absolute atomic E-state index is 11.8. The molecule has 1 aromatic carbocycles. The summed E-state index contributed by atoms with van der Waals surface area (Å²) in [5.41, 5.74) is -0.482. The molecule has 1 saturated heterocycles. The van der Waals surface area contributed by atoms with Crippen LogP contribution < -0.4 is 10.0 Å². The van der Waals surface area contributed by atoms with Crippen LogP contribution in [0.1, 0.15) is 28.8 Å². The lowest BCUT2D eigenvalue weighted by atomic mass is 10.1. The van der Waals surface area contributed by atoms with Gasteiger partial charge in [-0.1, -0.05) is 18.2 Å². The van der Waals surface area contributed by atoms with Crippen molar-refractivity contribution in [1.82, 2.24) is 0 Å². The van der Waals surface area contributed by atoms with Gasteiger partial charge in [-0.05, 0) is 0 Å². The molecule has 0 unspecified atom stereocenters. The van der Waals surface area contributed by atoms with Gasteiger partial charge in [0.15, 0.2) is 0 Å². The SMILES string of the molecule is O=C([O-])c1cccc(/C=C/[N+](=O)[O-])c1N1C(=O)CCC1=O. The summed E-state index contributed by atoms with van der Waals surface area (Å²) in [5.74, 6) is -2.68. The Bertz CT molecular complexity index is 663. The second-order valence-corrected chi connectivity index (χ2v) is 4.25. The van der Waals surface area contributed by atoms with Gasteiger partial charge in [-0.25, -0.2) is 4.90 Å². The van der Waals surface area contributed by atoms with Gasteiger partial charge in [-0.15, -0.1) is 0 Å². The quantitative estimate of drug-likeness (QED) is 0.435. The lowest BCUT2D eigenvalue weighted by Crippen LogP contribution is -2.33. The van der Waals surface area contributed by atoms with Gasteiger partial charge in [-0.2, -0.15) is 0 Å². The molecule has 0 N–H and O–H groups in total. The number of aromatic carboxylic acids is 1. The monoisotopic (exact) mass is 289 g/mol. The van der Waals surface area contributed by atoms with Gasteiger partial charge in [0.25, 0.3) is 0 Å². The number of carboxylic acid groups (broad SMARTS) is 1. The third-order valence-corrected chi connectivity index (χ3v) is 2.94. The molecule has 0 aromatic heterocycles. The number of carbonyl (C=O) groups is 3. The van der Waals surface area contributed by atoms with Gasteiger partial charge in [0, 0.05) is 30.0 Å². The molecule has 1 aliphatic rings. The Morgan fingerprint density at radius 3 is 2.38 bits per heavy atom. The summed E-state index contributed by atoms with van der Waals surface area (Å²) in [6.07, 6.45) is 1.57. The van der Waals surface area contributed by atoms with E-state index < -0.39 is 22.7 Å². The largest absolute Gasteiger partial charge is 0.545 e. The first-order chi connectivity index (χ1) is 9.91. The molecule has 8 nitrogen and oxygen atoms in total. The van der Waals surface area contributed by atoms with E-state index in [0.717, 1.165) is 11.0 Å². The first-order valence-electron chi connectivity index (χ1n) is 5.93. The molecule has 108 valence electrons. The van der Waals surface area contributed by atoms with Gasteiger partial charge in [0.2, 0.25) is 18.0 Å². The highest BCUT2D eigenvalue weighted by Gasteiger charge is 2.33. The van der Waals surface area contributed by atoms with Crippen molar-refractivity contribution in [3.8, 4) is 0 Å². The third kappa shape index (κ3) is 2.78. The van der Waals surface area contributed by atoms with Crippen molar-refractivity contribution in [3.05, 3.63) is 45.6 Å². The number of hydrogen-bond acceptors (Lipinski definition) is 6. The van der Waals surface area contributed by atoms with E-state index in [1.165, 1.54) is 18.2 Å². The van der Waals surface area contributed by atoms with E-state index in [4.69, 9.17) is 0 Å². The van der Waals surface area contributed by atoms with Crippen molar-refractivity contribution in [2.45, 2.75) is 12.8 Å². The maximum atomic E-state index is 11.8. The number of nitrogens with zero attached hydrogens (tertiary/aromatic N) is 2. The molecule has 21 heavy (non-hydrogen) atoms. The minimum Gasteiger partial charge on any atom is -0.545 e. The zero-order valence-corrected chi connectivity index (χ0v) is 10.6. The second-order valence-electron chi connectivity index (χ2n) is 4.25. The molecule has 0 saturated carbocycles. The van der Waals surface area contributed by atoms with Gasteiger partial charge >= 0.3 is 0 Å². The molecular weight excluding hydrogens is 280 g/mol. The molecule has 0 spiro atoms. The van der Waals surface area contributed by atoms with Crippen LogP contribution in [0.15, 0.2) is 24.4 Å². The van der Waals surface area contributed by atoms with Gasteiger partial charge < -0.3 is 9.90 Å². The van der Waals surface area contributed by atoms with E-state index in [2.05, 4.69) is 0 Å². The zero-order chi connectivity index (χ0) is 15.6. The van der Waals surface area contributed by atoms with Crippen molar-refractivity contribution in [1.29, 1.82) is 0 Å². The fraction of sp³-hybridized carbons (Fsp3) is 0.154. The summed E-state index contributed by atoms with van der Waals surface area (Å²) in [4.78, 5) is 45.1. The summed E-state index contributed by atoms with van der Waals surface area (Å²) in [6.45, 7) is 0. The van der Waals surface area contributed by atoms with Crippen LogP contribution in [0.5, 0.6) is 0 Å². The second kappa shape index (κ2) is 5.53. The van der Waals surface area contributed by atoms with Crippen LogP contribution >= 0.6 is 0 Å². The van der Waals surface area contributed by atoms with E-state index in [9.17, 15) is 29.6 Å². The number of anilines is 1. The standard InChI is InChI=1S/C13H10N2O6/c16-10-4-5-11(17)15(10)12-8(6-7-14(20)21)2-1-3-9(12)13(18)19/h1-3,6-7H,4-5H2,(H,18,19)/p-1/b7-6+. The van der Waals surface area contributed by atoms with Crippen LogP contribution in [0.4, 0.5) is 5.69 Å². The topological polar surface area (TPSA) is 121 Å². The number of para-hydroxylation sites is 1. The zero-order valence-electron chi connectivity index (χ0n) is 10.6. The smallest absolute Gasteiger partial charge is 0.235 e. The van der Waals surface area contributed by atoms with Crippen LogP contribution in [0, 0.1) is 10.1 Å². The molecule has 0 aliphatic carbocycles. The first kappa shape index (κ1) is 14.4. The average Bonchev–Trinajstić information content (AvgIpc) is 2.75. The van der Waals surface area contributed by atoms with Crippen molar-refractivity contribution >= 4 is 29.5 Å². The summed E-state index contributed by atoms with van der Waals surface area (Å²) >= 11 is 0. The van der Waals surface area contributed by atoms with Crippen molar-refractivity contribution in [3.63, 3.8) is 0 Å². The average molecular weight is 289 g/mol. The van der Waals surface area contributed by atoms with Crippen LogP contribution in [0.2, 0.25) is 0 Å². The molecule has 0 bridgehead atoms. The molecule has 1 aromatic rings. The van der Waals surface area contributed by atoms with E-state index in [0.29, 0.717) is 6.20 Å². The van der Waals surface area contributed by atoms with Crippen molar-refractivity contribution < 1.29 is 24.4 Å². The van der Waals surface area contributed by atoms with E-state index >= 15 is 0 Å². The Labute approximate surface area is 118 Å². The Morgan fingerprint density at radius 1 is 1.24 bits per heavy atom. The Balaban J connectivity index is 2.64. The van der Waals surface area contributed by atoms with Crippen LogP contribution in [0.25, 0.3) is 6.08 Å². The minimum absolute atomic E-state index is 0.0292. The predicted molar refractivity (Wildman–Crippen MR) is 68.5 cm³/mol. The molecule has 8 heteroatoms. The Kier molecular flexibility index (Phi) is 3.79. The van der Waals surface area contributed by atoms with E-state index in [1.54, 1.807) is 0 Å². The predicted octanol–water partition coefficient (Wildman–Crippen LogP) is -0.0491. The lowest BCUT2D eigenvalue weighted by molar-refractivity contribution is -0.400. The Hall–Kier alpha value is -3.03. The van der Waals surface area contributed by atoms with Crippen LogP contribution in [-0.2, 0) is 9.59 Å². The van der Waals surface area contributed by atoms with Gasteiger partial charge in [0.1, 0.15) is 0 Å². The number of rotatable bonds is 4. The first-order valence-corrected chi connectivity index (χ1v) is 5.93. The van der Waals surface area contributed by atoms with Crippen molar-refractivity contribution in [2.24, 2.45) is 0 Å². The summed E-state index contributed by atoms with van der Waals surface area (Å²) in [7, 11) is 0. The minimum atomic E-state index is -1.58. The number of carboxylic acids is 1. The van der Waals surface area contributed by atoms with E-state index in [1.807, 2.05) is 0 Å². The molecule has 2 amide bonds. The highest BCUT2D eigenvalue weighted by molar-refractivity contribution is 6.22. The van der Waals surface area contributed by atoms with Crippen molar-refractivity contribution in [2.75, 3.05) is 4.90 Å². The third-order valence-electron chi connectivity index (χ3n) is 2.94. The normalized spacial score (nSPS) is 15.0. The number of benzene rings is 1. The summed E-state index contributed by atoms with van der Waals surface area (Å²) < 4.78 is 0. The van der Waals surface area contributed by atoms with Crippen LogP contribution in [-0.4, -0.2) is 22.7 Å². The molecule has 1 aliphatic heterocycles. The molecule has 1 heterocycles. The van der Waals surface area contributed by atoms with E-state index in [-0.39, 0.29) is 29.7 Å². The highest BCUT2D eigenvalue weighted by Crippen LogP contribution is 2.31. The summed E-state index contributed by atoms with van der Waals surface area (Å²) in [6, 6.07) is 3.90. The fourth-order valence-corrected chi connectivity index (χ4v) is 2.08. The number of carbonyl (C=O) groups excluding carboxylic acids is 3. The number of amides is 2. The van der Waals surface area contributed by atoms with Gasteiger partial charge in [-0.3, -0.25) is 19.7 Å². The molecule has 2 rings (SSSR count). The number of imide groups is 1. The number of nitro groups is 1. The lowest BCUT2D eigenvalue weighted by Gasteiger charge is -2.21. The fourth-order valence-electron chi connectivity index (χ4n) is 2.08. The molecular formula is C13H9N2O6-.